The largest absolute Gasteiger partial charge is 0.325 e. The average molecular weight is 357 g/mol. The number of nitrogens with one attached hydrogen (secondary N) is 1. The molecule has 0 saturated carbocycles. The predicted octanol–water partition coefficient (Wildman–Crippen LogP) is 3.51. The molecule has 1 aromatic carbocycles. The van der Waals surface area contributed by atoms with Crippen LogP contribution in [0.5, 0.6) is 0 Å². The van der Waals surface area contributed by atoms with Crippen LogP contribution in [-0.2, 0) is 9.59 Å². The summed E-state index contributed by atoms with van der Waals surface area (Å²) in [6.07, 6.45) is 1.49. The van der Waals surface area contributed by atoms with Crippen molar-refractivity contribution >= 4 is 34.5 Å². The first kappa shape index (κ1) is 17.6. The second kappa shape index (κ2) is 7.80. The second-order valence-electron chi connectivity index (χ2n) is 6.35. The Morgan fingerprint density at radius 1 is 1.36 bits per heavy atom. The highest BCUT2D eigenvalue weighted by atomic mass is 32.1. The monoisotopic (exact) mass is 357 g/mol. The lowest BCUT2D eigenvalue weighted by molar-refractivity contribution is -0.118. The molecule has 3 rings (SSSR count). The molecule has 6 heteroatoms. The Bertz CT molecular complexity index is 745. The molecule has 2 amide bonds. The summed E-state index contributed by atoms with van der Waals surface area (Å²) in [5.41, 5.74) is 1.57. The van der Waals surface area contributed by atoms with E-state index in [1.807, 2.05) is 47.7 Å². The van der Waals surface area contributed by atoms with Gasteiger partial charge in [-0.2, -0.15) is 0 Å². The molecule has 0 spiro atoms. The number of likely N-dealkylation sites (N-methyl/N-ethyl adjacent to an activating group) is 1. The summed E-state index contributed by atoms with van der Waals surface area (Å²) in [6.45, 7) is 3.15. The van der Waals surface area contributed by atoms with E-state index in [9.17, 15) is 9.59 Å². The molecule has 1 atom stereocenters. The number of thiophene rings is 1. The minimum absolute atomic E-state index is 0.0594. The van der Waals surface area contributed by atoms with Gasteiger partial charge in [-0.1, -0.05) is 12.1 Å². The molecule has 25 heavy (non-hydrogen) atoms. The van der Waals surface area contributed by atoms with Crippen LogP contribution in [0.25, 0.3) is 0 Å². The number of anilines is 2. The molecule has 0 radical (unpaired) electrons. The number of benzene rings is 1. The summed E-state index contributed by atoms with van der Waals surface area (Å²) in [6, 6.07) is 11.8. The van der Waals surface area contributed by atoms with Crippen LogP contribution in [0.1, 0.15) is 30.7 Å². The molecule has 2 heterocycles. The first-order valence-corrected chi connectivity index (χ1v) is 9.36. The van der Waals surface area contributed by atoms with Crippen molar-refractivity contribution < 1.29 is 9.59 Å². The van der Waals surface area contributed by atoms with Crippen molar-refractivity contribution in [2.75, 3.05) is 30.4 Å². The van der Waals surface area contributed by atoms with Crippen LogP contribution in [0.15, 0.2) is 41.8 Å². The standard InChI is InChI=1S/C19H23N3O2S/c1-14(17-8-5-11-25-17)21(2)13-18(23)20-15-6-3-7-16(12-15)22-10-4-9-19(22)24/h3,5-8,11-12,14H,4,9-10,13H2,1-2H3,(H,20,23). The summed E-state index contributed by atoms with van der Waals surface area (Å²) in [4.78, 5) is 29.3. The molecule has 5 nitrogen and oxygen atoms in total. The summed E-state index contributed by atoms with van der Waals surface area (Å²) in [7, 11) is 1.95. The van der Waals surface area contributed by atoms with Crippen molar-refractivity contribution in [2.45, 2.75) is 25.8 Å². The highest BCUT2D eigenvalue weighted by molar-refractivity contribution is 7.10. The maximum absolute atomic E-state index is 12.4. The topological polar surface area (TPSA) is 52.7 Å². The zero-order chi connectivity index (χ0) is 17.8. The molecular formula is C19H23N3O2S. The molecule has 1 aromatic heterocycles. The van der Waals surface area contributed by atoms with Crippen LogP contribution in [-0.4, -0.2) is 36.9 Å². The Kier molecular flexibility index (Phi) is 5.50. The van der Waals surface area contributed by atoms with Crippen LogP contribution in [0.3, 0.4) is 0 Å². The van der Waals surface area contributed by atoms with Gasteiger partial charge in [-0.15, -0.1) is 11.3 Å². The molecular weight excluding hydrogens is 334 g/mol. The van der Waals surface area contributed by atoms with Gasteiger partial charge in [-0.25, -0.2) is 0 Å². The summed E-state index contributed by atoms with van der Waals surface area (Å²) < 4.78 is 0. The van der Waals surface area contributed by atoms with E-state index >= 15 is 0 Å². The first-order valence-electron chi connectivity index (χ1n) is 8.48. The number of nitrogens with zero attached hydrogens (tertiary/aromatic N) is 2. The third kappa shape index (κ3) is 4.27. The van der Waals surface area contributed by atoms with E-state index < -0.39 is 0 Å². The summed E-state index contributed by atoms with van der Waals surface area (Å²) in [5.74, 6) is 0.0868. The van der Waals surface area contributed by atoms with Crippen LogP contribution in [0.4, 0.5) is 11.4 Å². The second-order valence-corrected chi connectivity index (χ2v) is 7.33. The highest BCUT2D eigenvalue weighted by Gasteiger charge is 2.22. The van der Waals surface area contributed by atoms with Crippen LogP contribution in [0.2, 0.25) is 0 Å². The molecule has 1 fully saturated rings. The summed E-state index contributed by atoms with van der Waals surface area (Å²) >= 11 is 1.70. The van der Waals surface area contributed by atoms with E-state index in [1.54, 1.807) is 16.2 Å². The first-order chi connectivity index (χ1) is 12.0. The maximum atomic E-state index is 12.4. The van der Waals surface area contributed by atoms with Gasteiger partial charge < -0.3 is 10.2 Å². The smallest absolute Gasteiger partial charge is 0.238 e. The number of hydrogen-bond acceptors (Lipinski definition) is 4. The Hall–Kier alpha value is -2.18. The number of carbonyl (C=O) groups is 2. The van der Waals surface area contributed by atoms with Crippen LogP contribution in [0, 0.1) is 0 Å². The molecule has 1 saturated heterocycles. The van der Waals surface area contributed by atoms with Gasteiger partial charge in [0.25, 0.3) is 0 Å². The Labute approximate surface area is 152 Å². The van der Waals surface area contributed by atoms with Gasteiger partial charge in [0, 0.05) is 35.3 Å². The van der Waals surface area contributed by atoms with E-state index in [0.717, 1.165) is 24.3 Å². The van der Waals surface area contributed by atoms with Gasteiger partial charge in [0.2, 0.25) is 11.8 Å². The Morgan fingerprint density at radius 3 is 2.88 bits per heavy atom. The quantitative estimate of drug-likeness (QED) is 0.861. The zero-order valence-electron chi connectivity index (χ0n) is 14.6. The number of amides is 2. The van der Waals surface area contributed by atoms with Crippen LogP contribution >= 0.6 is 11.3 Å². The molecule has 2 aromatic rings. The fourth-order valence-electron chi connectivity index (χ4n) is 2.98. The molecule has 1 unspecified atom stereocenters. The SMILES string of the molecule is CC(c1cccs1)N(C)CC(=O)Nc1cccc(N2CCCC2=O)c1. The van der Waals surface area contributed by atoms with E-state index in [1.165, 1.54) is 4.88 Å². The van der Waals surface area contributed by atoms with E-state index in [4.69, 9.17) is 0 Å². The number of carbonyl (C=O) groups excluding carboxylic acids is 2. The van der Waals surface area contributed by atoms with Crippen molar-refractivity contribution in [1.29, 1.82) is 0 Å². The lowest BCUT2D eigenvalue weighted by Gasteiger charge is -2.23. The van der Waals surface area contributed by atoms with E-state index in [-0.39, 0.29) is 17.9 Å². The highest BCUT2D eigenvalue weighted by Crippen LogP contribution is 2.25. The Morgan fingerprint density at radius 2 is 2.20 bits per heavy atom. The minimum atomic E-state index is -0.0594. The van der Waals surface area contributed by atoms with Gasteiger partial charge in [0.05, 0.1) is 6.54 Å². The third-order valence-electron chi connectivity index (χ3n) is 4.52. The predicted molar refractivity (Wildman–Crippen MR) is 102 cm³/mol. The maximum Gasteiger partial charge on any atom is 0.238 e. The van der Waals surface area contributed by atoms with Gasteiger partial charge in [-0.3, -0.25) is 14.5 Å². The van der Waals surface area contributed by atoms with Gasteiger partial charge >= 0.3 is 0 Å². The molecule has 132 valence electrons. The third-order valence-corrected chi connectivity index (χ3v) is 5.57. The molecule has 1 N–H and O–H groups in total. The normalized spacial score (nSPS) is 15.6. The van der Waals surface area contributed by atoms with Crippen molar-refractivity contribution in [3.8, 4) is 0 Å². The van der Waals surface area contributed by atoms with Gasteiger partial charge in [0.1, 0.15) is 0 Å². The lowest BCUT2D eigenvalue weighted by Crippen LogP contribution is -2.32. The fraction of sp³-hybridized carbons (Fsp3) is 0.368. The minimum Gasteiger partial charge on any atom is -0.325 e. The van der Waals surface area contributed by atoms with Gasteiger partial charge in [-0.05, 0) is 50.0 Å². The molecule has 1 aliphatic heterocycles. The summed E-state index contributed by atoms with van der Waals surface area (Å²) in [5, 5.41) is 4.98. The van der Waals surface area contributed by atoms with Crippen molar-refractivity contribution in [3.63, 3.8) is 0 Å². The fourth-order valence-corrected chi connectivity index (χ4v) is 3.83. The van der Waals surface area contributed by atoms with E-state index in [0.29, 0.717) is 13.0 Å². The average Bonchev–Trinajstić information content (AvgIpc) is 3.25. The Balaban J connectivity index is 1.60. The molecule has 1 aliphatic rings. The van der Waals surface area contributed by atoms with Crippen molar-refractivity contribution in [1.82, 2.24) is 4.90 Å². The molecule has 0 bridgehead atoms. The van der Waals surface area contributed by atoms with Crippen molar-refractivity contribution in [3.05, 3.63) is 46.7 Å². The zero-order valence-corrected chi connectivity index (χ0v) is 15.4. The van der Waals surface area contributed by atoms with E-state index in [2.05, 4.69) is 18.3 Å². The van der Waals surface area contributed by atoms with Crippen LogP contribution < -0.4 is 10.2 Å². The lowest BCUT2D eigenvalue weighted by atomic mass is 10.2. The number of hydrogen-bond donors (Lipinski definition) is 1. The van der Waals surface area contributed by atoms with Crippen molar-refractivity contribution in [2.24, 2.45) is 0 Å². The van der Waals surface area contributed by atoms with Gasteiger partial charge in [0.15, 0.2) is 0 Å². The molecule has 0 aliphatic carbocycles. The number of rotatable bonds is 6.